The number of hydrogen-bond acceptors (Lipinski definition) is 3. The van der Waals surface area contributed by atoms with E-state index in [-0.39, 0.29) is 5.56 Å². The van der Waals surface area contributed by atoms with Crippen LogP contribution in [0.3, 0.4) is 0 Å². The summed E-state index contributed by atoms with van der Waals surface area (Å²) in [6.07, 6.45) is 2.39. The molecule has 0 spiro atoms. The molecule has 1 aromatic heterocycles. The van der Waals surface area contributed by atoms with Crippen molar-refractivity contribution in [2.24, 2.45) is 5.10 Å². The van der Waals surface area contributed by atoms with Crippen LogP contribution < -0.4 is 5.56 Å². The van der Waals surface area contributed by atoms with Crippen molar-refractivity contribution in [3.63, 3.8) is 0 Å². The van der Waals surface area contributed by atoms with Crippen molar-refractivity contribution in [3.05, 3.63) is 99.0 Å². The standard InChI is InChI=1S/C25H18BrN3O/c1-2-24-28-23-12-11-18(26)14-21(23)25(30)29(24)27-15-22-19-9-5-3-7-16(19)13-17-8-4-6-10-20(17)22/h3-15H,2H2,1H3. The molecule has 5 heteroatoms. The van der Waals surface area contributed by atoms with Crippen LogP contribution in [-0.4, -0.2) is 15.9 Å². The number of rotatable bonds is 3. The van der Waals surface area contributed by atoms with Gasteiger partial charge in [-0.05, 0) is 45.8 Å². The van der Waals surface area contributed by atoms with Gasteiger partial charge in [0, 0.05) is 16.5 Å². The average molecular weight is 456 g/mol. The van der Waals surface area contributed by atoms with Gasteiger partial charge in [0.05, 0.1) is 17.1 Å². The van der Waals surface area contributed by atoms with E-state index in [1.165, 1.54) is 4.68 Å². The van der Waals surface area contributed by atoms with Crippen LogP contribution in [0.4, 0.5) is 0 Å². The number of benzene rings is 4. The molecule has 0 fully saturated rings. The Balaban J connectivity index is 1.78. The molecule has 0 bridgehead atoms. The molecule has 0 atom stereocenters. The van der Waals surface area contributed by atoms with Gasteiger partial charge >= 0.3 is 0 Å². The third-order valence-corrected chi connectivity index (χ3v) is 5.80. The van der Waals surface area contributed by atoms with E-state index in [1.54, 1.807) is 12.3 Å². The predicted octanol–water partition coefficient (Wildman–Crippen LogP) is 5.91. The molecule has 0 aliphatic rings. The molecule has 0 N–H and O–H groups in total. The molecule has 0 aliphatic heterocycles. The van der Waals surface area contributed by atoms with Crippen LogP contribution in [0.2, 0.25) is 0 Å². The van der Waals surface area contributed by atoms with Crippen molar-refractivity contribution in [1.29, 1.82) is 0 Å². The van der Waals surface area contributed by atoms with Crippen LogP contribution >= 0.6 is 15.9 Å². The van der Waals surface area contributed by atoms with E-state index in [9.17, 15) is 4.79 Å². The third-order valence-electron chi connectivity index (χ3n) is 5.31. The second-order valence-electron chi connectivity index (χ2n) is 7.14. The summed E-state index contributed by atoms with van der Waals surface area (Å²) in [6, 6.07) is 24.2. The SMILES string of the molecule is CCc1nc2ccc(Br)cc2c(=O)n1N=Cc1c2ccccc2cc2ccccc12. The van der Waals surface area contributed by atoms with Gasteiger partial charge in [0.25, 0.3) is 5.56 Å². The molecule has 5 aromatic rings. The van der Waals surface area contributed by atoms with Crippen molar-refractivity contribution in [1.82, 2.24) is 9.66 Å². The minimum Gasteiger partial charge on any atom is -0.267 e. The lowest BCUT2D eigenvalue weighted by atomic mass is 9.97. The molecule has 0 aliphatic carbocycles. The summed E-state index contributed by atoms with van der Waals surface area (Å²) in [5.41, 5.74) is 1.51. The van der Waals surface area contributed by atoms with Crippen LogP contribution in [0.15, 0.2) is 87.2 Å². The highest BCUT2D eigenvalue weighted by atomic mass is 79.9. The Morgan fingerprint density at radius 1 is 0.933 bits per heavy atom. The van der Waals surface area contributed by atoms with Crippen LogP contribution in [0.25, 0.3) is 32.4 Å². The molecule has 30 heavy (non-hydrogen) atoms. The number of aromatic nitrogens is 2. The zero-order valence-electron chi connectivity index (χ0n) is 16.3. The maximum absolute atomic E-state index is 13.2. The fourth-order valence-electron chi connectivity index (χ4n) is 3.85. The van der Waals surface area contributed by atoms with Crippen LogP contribution in [0.5, 0.6) is 0 Å². The van der Waals surface area contributed by atoms with Gasteiger partial charge in [0.15, 0.2) is 0 Å². The van der Waals surface area contributed by atoms with E-state index in [0.29, 0.717) is 23.1 Å². The fourth-order valence-corrected chi connectivity index (χ4v) is 4.21. The number of nitrogens with zero attached hydrogens (tertiary/aromatic N) is 3. The van der Waals surface area contributed by atoms with Crippen molar-refractivity contribution < 1.29 is 0 Å². The van der Waals surface area contributed by atoms with Crippen LogP contribution in [0, 0.1) is 0 Å². The summed E-state index contributed by atoms with van der Waals surface area (Å²) in [5.74, 6) is 0.635. The molecule has 5 rings (SSSR count). The van der Waals surface area contributed by atoms with E-state index in [1.807, 2.05) is 43.3 Å². The first-order chi connectivity index (χ1) is 14.7. The second kappa shape index (κ2) is 7.50. The van der Waals surface area contributed by atoms with Gasteiger partial charge in [0.2, 0.25) is 0 Å². The zero-order chi connectivity index (χ0) is 20.7. The second-order valence-corrected chi connectivity index (χ2v) is 8.05. The molecule has 4 aromatic carbocycles. The Morgan fingerprint density at radius 3 is 2.27 bits per heavy atom. The van der Waals surface area contributed by atoms with Gasteiger partial charge < -0.3 is 0 Å². The number of halogens is 1. The van der Waals surface area contributed by atoms with Gasteiger partial charge in [0.1, 0.15) is 5.82 Å². The Labute approximate surface area is 181 Å². The van der Waals surface area contributed by atoms with Crippen molar-refractivity contribution >= 4 is 54.6 Å². The molecule has 0 radical (unpaired) electrons. The van der Waals surface area contributed by atoms with Crippen LogP contribution in [0.1, 0.15) is 18.3 Å². The van der Waals surface area contributed by atoms with Crippen molar-refractivity contribution in [3.8, 4) is 0 Å². The van der Waals surface area contributed by atoms with Crippen LogP contribution in [-0.2, 0) is 6.42 Å². The summed E-state index contributed by atoms with van der Waals surface area (Å²) in [5, 5.41) is 9.65. The smallest absolute Gasteiger partial charge is 0.267 e. The Hall–Kier alpha value is -3.31. The summed E-state index contributed by atoms with van der Waals surface area (Å²) in [4.78, 5) is 17.9. The monoisotopic (exact) mass is 455 g/mol. The molecule has 4 nitrogen and oxygen atoms in total. The van der Waals surface area contributed by atoms with E-state index >= 15 is 0 Å². The molecule has 0 saturated carbocycles. The fraction of sp³-hybridized carbons (Fsp3) is 0.0800. The van der Waals surface area contributed by atoms with E-state index < -0.39 is 0 Å². The maximum Gasteiger partial charge on any atom is 0.282 e. The molecular formula is C25H18BrN3O. The van der Waals surface area contributed by atoms with Gasteiger partial charge in [-0.2, -0.15) is 9.78 Å². The average Bonchev–Trinajstić information content (AvgIpc) is 2.77. The van der Waals surface area contributed by atoms with Crippen molar-refractivity contribution in [2.45, 2.75) is 13.3 Å². The number of aryl methyl sites for hydroxylation is 1. The molecule has 1 heterocycles. The maximum atomic E-state index is 13.2. The van der Waals surface area contributed by atoms with Gasteiger partial charge in [-0.15, -0.1) is 0 Å². The van der Waals surface area contributed by atoms with Gasteiger partial charge in [-0.1, -0.05) is 71.4 Å². The molecule has 0 amide bonds. The van der Waals surface area contributed by atoms with E-state index in [2.05, 4.69) is 56.3 Å². The van der Waals surface area contributed by atoms with E-state index in [4.69, 9.17) is 0 Å². The number of fused-ring (bicyclic) bond motifs is 3. The highest BCUT2D eigenvalue weighted by Crippen LogP contribution is 2.27. The molecule has 0 unspecified atom stereocenters. The molecule has 146 valence electrons. The first-order valence-corrected chi connectivity index (χ1v) is 10.6. The highest BCUT2D eigenvalue weighted by molar-refractivity contribution is 9.10. The topological polar surface area (TPSA) is 47.2 Å². The van der Waals surface area contributed by atoms with Gasteiger partial charge in [-0.3, -0.25) is 4.79 Å². The molecule has 0 saturated heterocycles. The quantitative estimate of drug-likeness (QED) is 0.250. The number of hydrogen-bond donors (Lipinski definition) is 0. The first-order valence-electron chi connectivity index (χ1n) is 9.82. The Kier molecular flexibility index (Phi) is 4.68. The lowest BCUT2D eigenvalue weighted by Gasteiger charge is -2.10. The normalized spacial score (nSPS) is 11.8. The lowest BCUT2D eigenvalue weighted by molar-refractivity contribution is 0.735. The summed E-state index contributed by atoms with van der Waals surface area (Å²) < 4.78 is 2.26. The summed E-state index contributed by atoms with van der Waals surface area (Å²) >= 11 is 3.44. The Morgan fingerprint density at radius 2 is 1.60 bits per heavy atom. The summed E-state index contributed by atoms with van der Waals surface area (Å²) in [7, 11) is 0. The largest absolute Gasteiger partial charge is 0.282 e. The first kappa shape index (κ1) is 18.7. The lowest BCUT2D eigenvalue weighted by Crippen LogP contribution is -2.22. The molecular weight excluding hydrogens is 438 g/mol. The minimum absolute atomic E-state index is 0.168. The summed E-state index contributed by atoms with van der Waals surface area (Å²) in [6.45, 7) is 1.98. The highest BCUT2D eigenvalue weighted by Gasteiger charge is 2.11. The van der Waals surface area contributed by atoms with E-state index in [0.717, 1.165) is 31.6 Å². The van der Waals surface area contributed by atoms with Gasteiger partial charge in [-0.25, -0.2) is 4.98 Å². The van der Waals surface area contributed by atoms with Crippen molar-refractivity contribution in [2.75, 3.05) is 0 Å². The third kappa shape index (κ3) is 3.12. The Bertz CT molecular complexity index is 1460. The predicted molar refractivity (Wildman–Crippen MR) is 128 cm³/mol. The minimum atomic E-state index is -0.168. The zero-order valence-corrected chi connectivity index (χ0v) is 17.9.